The molecule has 4 aromatic rings. The molecule has 33 heavy (non-hydrogen) atoms. The highest BCUT2D eigenvalue weighted by Crippen LogP contribution is 2.39. The second kappa shape index (κ2) is 9.11. The topological polar surface area (TPSA) is 98.6 Å². The number of ether oxygens (including phenoxy) is 1. The van der Waals surface area contributed by atoms with Crippen LogP contribution in [0.3, 0.4) is 0 Å². The van der Waals surface area contributed by atoms with Crippen LogP contribution in [0.25, 0.3) is 28.0 Å². The fraction of sp³-hybridized carbons (Fsp3) is 0.320. The van der Waals surface area contributed by atoms with Crippen molar-refractivity contribution < 1.29 is 9.84 Å². The van der Waals surface area contributed by atoms with Crippen LogP contribution in [0.15, 0.2) is 47.2 Å². The third-order valence-electron chi connectivity index (χ3n) is 6.46. The minimum absolute atomic E-state index is 0.0938. The van der Waals surface area contributed by atoms with Crippen molar-refractivity contribution in [1.29, 1.82) is 0 Å². The van der Waals surface area contributed by atoms with Gasteiger partial charge in [0, 0.05) is 34.4 Å². The molecule has 1 aliphatic carbocycles. The van der Waals surface area contributed by atoms with E-state index in [-0.39, 0.29) is 6.61 Å². The van der Waals surface area contributed by atoms with Gasteiger partial charge in [-0.25, -0.2) is 4.98 Å². The van der Waals surface area contributed by atoms with Gasteiger partial charge in [-0.1, -0.05) is 25.3 Å². The lowest BCUT2D eigenvalue weighted by Crippen LogP contribution is -2.11. The van der Waals surface area contributed by atoms with E-state index in [2.05, 4.69) is 26.0 Å². The van der Waals surface area contributed by atoms with Gasteiger partial charge in [0.1, 0.15) is 11.6 Å². The summed E-state index contributed by atoms with van der Waals surface area (Å²) in [6, 6.07) is 9.66. The van der Waals surface area contributed by atoms with Crippen LogP contribution in [0.4, 0.5) is 5.82 Å². The highest BCUT2D eigenvalue weighted by atomic mass is 79.9. The zero-order chi connectivity index (χ0) is 22.9. The zero-order valence-corrected chi connectivity index (χ0v) is 20.0. The van der Waals surface area contributed by atoms with Gasteiger partial charge in [0.2, 0.25) is 0 Å². The minimum atomic E-state index is -0.0938. The number of nitrogen functional groups attached to an aromatic ring is 1. The molecule has 3 N–H and O–H groups in total. The molecule has 5 rings (SSSR count). The van der Waals surface area contributed by atoms with E-state index in [1.165, 1.54) is 19.3 Å². The van der Waals surface area contributed by atoms with E-state index in [0.29, 0.717) is 17.5 Å². The number of methoxy groups -OCH3 is 1. The summed E-state index contributed by atoms with van der Waals surface area (Å²) in [5.74, 6) is 1.65. The molecular weight excluding hydrogens is 482 g/mol. The predicted molar refractivity (Wildman–Crippen MR) is 132 cm³/mol. The summed E-state index contributed by atoms with van der Waals surface area (Å²) < 4.78 is 7.84. The van der Waals surface area contributed by atoms with Crippen LogP contribution in [-0.4, -0.2) is 31.8 Å². The zero-order valence-electron chi connectivity index (χ0n) is 18.5. The van der Waals surface area contributed by atoms with Crippen LogP contribution < -0.4 is 10.5 Å². The van der Waals surface area contributed by atoms with Crippen molar-refractivity contribution in [2.75, 3.05) is 12.8 Å². The maximum absolute atomic E-state index is 9.62. The molecule has 1 fully saturated rings. The Bertz CT molecular complexity index is 1300. The molecule has 0 saturated heterocycles. The molecule has 0 aliphatic heterocycles. The highest BCUT2D eigenvalue weighted by Gasteiger charge is 2.24. The van der Waals surface area contributed by atoms with E-state index >= 15 is 0 Å². The van der Waals surface area contributed by atoms with Crippen molar-refractivity contribution in [2.24, 2.45) is 0 Å². The summed E-state index contributed by atoms with van der Waals surface area (Å²) in [7, 11) is 1.59. The third kappa shape index (κ3) is 3.98. The molecule has 170 valence electrons. The molecule has 3 heterocycles. The number of anilines is 1. The van der Waals surface area contributed by atoms with Gasteiger partial charge in [0.05, 0.1) is 35.8 Å². The molecule has 0 radical (unpaired) electrons. The van der Waals surface area contributed by atoms with Crippen molar-refractivity contribution in [3.05, 3.63) is 58.5 Å². The molecule has 0 bridgehead atoms. The Morgan fingerprint density at radius 1 is 1.12 bits per heavy atom. The molecule has 0 unspecified atom stereocenters. The van der Waals surface area contributed by atoms with Crippen LogP contribution in [-0.2, 0) is 6.61 Å². The van der Waals surface area contributed by atoms with Gasteiger partial charge in [0.15, 0.2) is 5.65 Å². The standard InChI is InChI=1S/C25H26BrN5O2/c1-33-21-10-8-16(11-18(21)14-32)20-9-7-17(12-28-20)19-13-29-31-24(27)22(26)23(30-25(19)31)15-5-3-2-4-6-15/h7-13,15,32H,2-6,14,27H2,1H3. The van der Waals surface area contributed by atoms with Gasteiger partial charge in [-0.05, 0) is 53.0 Å². The normalized spacial score (nSPS) is 14.6. The van der Waals surface area contributed by atoms with E-state index in [1.807, 2.05) is 36.5 Å². The fourth-order valence-corrected chi connectivity index (χ4v) is 5.23. The number of pyridine rings is 1. The largest absolute Gasteiger partial charge is 0.496 e. The van der Waals surface area contributed by atoms with Crippen molar-refractivity contribution in [1.82, 2.24) is 19.6 Å². The minimum Gasteiger partial charge on any atom is -0.496 e. The number of aliphatic hydroxyl groups is 1. The Balaban J connectivity index is 1.52. The summed E-state index contributed by atoms with van der Waals surface area (Å²) >= 11 is 3.67. The van der Waals surface area contributed by atoms with Crippen molar-refractivity contribution in [3.63, 3.8) is 0 Å². The molecular formula is C25H26BrN5O2. The summed E-state index contributed by atoms with van der Waals surface area (Å²) in [6.45, 7) is -0.0938. The van der Waals surface area contributed by atoms with E-state index < -0.39 is 0 Å². The van der Waals surface area contributed by atoms with Gasteiger partial charge < -0.3 is 15.6 Å². The van der Waals surface area contributed by atoms with Gasteiger partial charge in [-0.3, -0.25) is 4.98 Å². The summed E-state index contributed by atoms with van der Waals surface area (Å²) in [5, 5.41) is 14.1. The Labute approximate surface area is 200 Å². The first-order valence-electron chi connectivity index (χ1n) is 11.2. The number of aliphatic hydroxyl groups excluding tert-OH is 1. The predicted octanol–water partition coefficient (Wildman–Crippen LogP) is 5.35. The van der Waals surface area contributed by atoms with Crippen molar-refractivity contribution in [3.8, 4) is 28.1 Å². The van der Waals surface area contributed by atoms with E-state index in [1.54, 1.807) is 17.8 Å². The number of aromatic nitrogens is 4. The van der Waals surface area contributed by atoms with Crippen LogP contribution >= 0.6 is 15.9 Å². The van der Waals surface area contributed by atoms with Gasteiger partial charge in [0.25, 0.3) is 0 Å². The first-order valence-corrected chi connectivity index (χ1v) is 12.0. The lowest BCUT2D eigenvalue weighted by atomic mass is 9.87. The first kappa shape index (κ1) is 21.9. The lowest BCUT2D eigenvalue weighted by Gasteiger charge is -2.22. The number of nitrogens with two attached hydrogens (primary N) is 1. The second-order valence-corrected chi connectivity index (χ2v) is 9.23. The smallest absolute Gasteiger partial charge is 0.165 e. The quantitative estimate of drug-likeness (QED) is 0.377. The van der Waals surface area contributed by atoms with E-state index in [0.717, 1.165) is 56.6 Å². The second-order valence-electron chi connectivity index (χ2n) is 8.44. The van der Waals surface area contributed by atoms with Crippen LogP contribution in [0.5, 0.6) is 5.75 Å². The molecule has 1 aromatic carbocycles. The molecule has 0 atom stereocenters. The highest BCUT2D eigenvalue weighted by molar-refractivity contribution is 9.10. The number of nitrogens with zero attached hydrogens (tertiary/aromatic N) is 4. The average Bonchev–Trinajstić information content (AvgIpc) is 3.30. The molecule has 1 saturated carbocycles. The number of fused-ring (bicyclic) bond motifs is 1. The number of benzene rings is 1. The maximum Gasteiger partial charge on any atom is 0.165 e. The maximum atomic E-state index is 9.62. The molecule has 1 aliphatic rings. The molecule has 0 amide bonds. The third-order valence-corrected chi connectivity index (χ3v) is 7.27. The number of hydrogen-bond acceptors (Lipinski definition) is 6. The van der Waals surface area contributed by atoms with Gasteiger partial charge >= 0.3 is 0 Å². The number of hydrogen-bond donors (Lipinski definition) is 2. The number of halogens is 1. The monoisotopic (exact) mass is 507 g/mol. The van der Waals surface area contributed by atoms with E-state index in [9.17, 15) is 5.11 Å². The van der Waals surface area contributed by atoms with Crippen LogP contribution in [0.1, 0.15) is 49.3 Å². The summed E-state index contributed by atoms with van der Waals surface area (Å²) in [4.78, 5) is 9.69. The Morgan fingerprint density at radius 2 is 1.91 bits per heavy atom. The Hall–Kier alpha value is -2.97. The van der Waals surface area contributed by atoms with Crippen molar-refractivity contribution >= 4 is 27.4 Å². The van der Waals surface area contributed by atoms with Crippen molar-refractivity contribution in [2.45, 2.75) is 44.6 Å². The Morgan fingerprint density at radius 3 is 2.61 bits per heavy atom. The SMILES string of the molecule is COc1ccc(-c2ccc(-c3cnn4c(N)c(Br)c(C5CCCCC5)nc34)cn2)cc1CO. The van der Waals surface area contributed by atoms with Gasteiger partial charge in [-0.15, -0.1) is 0 Å². The Kier molecular flexibility index (Phi) is 6.03. The molecule has 8 heteroatoms. The summed E-state index contributed by atoms with van der Waals surface area (Å²) in [6.07, 6.45) is 9.64. The first-order chi connectivity index (χ1) is 16.1. The molecule has 0 spiro atoms. The van der Waals surface area contributed by atoms with Crippen LogP contribution in [0.2, 0.25) is 0 Å². The average molecular weight is 508 g/mol. The fourth-order valence-electron chi connectivity index (χ4n) is 4.65. The molecule has 7 nitrogen and oxygen atoms in total. The van der Waals surface area contributed by atoms with Crippen LogP contribution in [0, 0.1) is 0 Å². The van der Waals surface area contributed by atoms with Gasteiger partial charge in [-0.2, -0.15) is 9.61 Å². The lowest BCUT2D eigenvalue weighted by molar-refractivity contribution is 0.274. The van der Waals surface area contributed by atoms with E-state index in [4.69, 9.17) is 15.5 Å². The summed E-state index contributed by atoms with van der Waals surface area (Å²) in [5.41, 5.74) is 12.5. The number of rotatable bonds is 5. The molecule has 3 aromatic heterocycles.